The van der Waals surface area contributed by atoms with Crippen molar-refractivity contribution in [2.75, 3.05) is 13.1 Å². The van der Waals surface area contributed by atoms with Gasteiger partial charge in [-0.3, -0.25) is 9.80 Å². The van der Waals surface area contributed by atoms with Crippen LogP contribution < -0.4 is 0 Å². The second-order valence-corrected chi connectivity index (χ2v) is 8.15. The van der Waals surface area contributed by atoms with E-state index in [-0.39, 0.29) is 12.0 Å². The van der Waals surface area contributed by atoms with Crippen molar-refractivity contribution in [1.82, 2.24) is 9.80 Å². The van der Waals surface area contributed by atoms with Crippen molar-refractivity contribution in [2.24, 2.45) is 0 Å². The molecular weight excluding hydrogens is 383 g/mol. The third-order valence-electron chi connectivity index (χ3n) is 5.68. The summed E-state index contributed by atoms with van der Waals surface area (Å²) in [4.78, 5) is 5.01. The van der Waals surface area contributed by atoms with E-state index in [1.165, 1.54) is 11.1 Å². The molecule has 150 valence electrons. The normalized spacial score (nSPS) is 18.1. The van der Waals surface area contributed by atoms with Crippen LogP contribution in [0.3, 0.4) is 0 Å². The zero-order valence-corrected chi connectivity index (χ0v) is 17.4. The van der Waals surface area contributed by atoms with E-state index in [0.717, 1.165) is 48.7 Å². The van der Waals surface area contributed by atoms with E-state index in [1.54, 1.807) is 12.1 Å². The van der Waals surface area contributed by atoms with Gasteiger partial charge in [-0.15, -0.1) is 0 Å². The molecule has 4 heteroatoms. The van der Waals surface area contributed by atoms with E-state index in [1.807, 2.05) is 30.3 Å². The molecule has 1 unspecified atom stereocenters. The van der Waals surface area contributed by atoms with Gasteiger partial charge in [0.2, 0.25) is 0 Å². The van der Waals surface area contributed by atoms with Gasteiger partial charge >= 0.3 is 0 Å². The minimum Gasteiger partial charge on any atom is -0.280 e. The summed E-state index contributed by atoms with van der Waals surface area (Å²) in [7, 11) is 0. The Bertz CT molecular complexity index is 957. The maximum atomic E-state index is 13.4. The van der Waals surface area contributed by atoms with Crippen molar-refractivity contribution in [3.05, 3.63) is 106 Å². The molecule has 1 saturated heterocycles. The van der Waals surface area contributed by atoms with E-state index < -0.39 is 0 Å². The molecule has 0 amide bonds. The number of halogens is 2. The highest BCUT2D eigenvalue weighted by Crippen LogP contribution is 2.34. The van der Waals surface area contributed by atoms with Crippen molar-refractivity contribution < 1.29 is 4.39 Å². The first kappa shape index (κ1) is 20.1. The van der Waals surface area contributed by atoms with Crippen LogP contribution in [0.5, 0.6) is 0 Å². The van der Waals surface area contributed by atoms with E-state index in [9.17, 15) is 4.39 Å². The molecule has 1 aliphatic rings. The van der Waals surface area contributed by atoms with Gasteiger partial charge in [-0.25, -0.2) is 4.39 Å². The second-order valence-electron chi connectivity index (χ2n) is 7.74. The fourth-order valence-electron chi connectivity index (χ4n) is 4.22. The number of rotatable bonds is 5. The smallest absolute Gasteiger partial charge is 0.123 e. The van der Waals surface area contributed by atoms with Gasteiger partial charge in [0, 0.05) is 31.2 Å². The summed E-state index contributed by atoms with van der Waals surface area (Å²) in [6.45, 7) is 5.80. The maximum absolute atomic E-state index is 13.4. The SMILES string of the molecule is Cc1ccccc1C1N(Cc2ccc(F)cc2)CCCN1Cc1ccccc1Cl. The summed E-state index contributed by atoms with van der Waals surface area (Å²) in [5.41, 5.74) is 4.88. The number of benzene rings is 3. The van der Waals surface area contributed by atoms with Gasteiger partial charge in [0.1, 0.15) is 5.82 Å². The van der Waals surface area contributed by atoms with E-state index in [2.05, 4.69) is 47.1 Å². The Morgan fingerprint density at radius 2 is 1.52 bits per heavy atom. The Morgan fingerprint density at radius 1 is 0.862 bits per heavy atom. The zero-order chi connectivity index (χ0) is 20.2. The van der Waals surface area contributed by atoms with Gasteiger partial charge in [0.05, 0.1) is 6.17 Å². The zero-order valence-electron chi connectivity index (χ0n) is 16.7. The number of hydrogen-bond donors (Lipinski definition) is 0. The average Bonchev–Trinajstić information content (AvgIpc) is 2.72. The lowest BCUT2D eigenvalue weighted by Crippen LogP contribution is -2.47. The molecule has 1 fully saturated rings. The van der Waals surface area contributed by atoms with Crippen LogP contribution in [0.15, 0.2) is 72.8 Å². The molecule has 0 bridgehead atoms. The van der Waals surface area contributed by atoms with Crippen LogP contribution in [0.1, 0.15) is 34.8 Å². The quantitative estimate of drug-likeness (QED) is 0.496. The van der Waals surface area contributed by atoms with Gasteiger partial charge in [-0.2, -0.15) is 0 Å². The predicted molar refractivity (Wildman–Crippen MR) is 117 cm³/mol. The molecule has 1 atom stereocenters. The van der Waals surface area contributed by atoms with Crippen molar-refractivity contribution in [3.8, 4) is 0 Å². The first-order chi connectivity index (χ1) is 14.1. The van der Waals surface area contributed by atoms with Gasteiger partial charge < -0.3 is 0 Å². The third-order valence-corrected chi connectivity index (χ3v) is 6.05. The lowest BCUT2D eigenvalue weighted by molar-refractivity contribution is -0.00944. The molecule has 3 aromatic rings. The lowest BCUT2D eigenvalue weighted by Gasteiger charge is -2.45. The highest BCUT2D eigenvalue weighted by Gasteiger charge is 2.31. The molecule has 0 aromatic heterocycles. The fraction of sp³-hybridized carbons (Fsp3) is 0.280. The van der Waals surface area contributed by atoms with Gasteiger partial charge in [0.15, 0.2) is 0 Å². The van der Waals surface area contributed by atoms with Crippen molar-refractivity contribution in [1.29, 1.82) is 0 Å². The molecule has 4 rings (SSSR count). The standard InChI is InChI=1S/C25H26ClFN2/c1-19-7-2-4-9-23(19)25-28(17-20-11-13-22(27)14-12-20)15-6-16-29(25)18-21-8-3-5-10-24(21)26/h2-5,7-14,25H,6,15-18H2,1H3. The van der Waals surface area contributed by atoms with Crippen molar-refractivity contribution in [2.45, 2.75) is 32.6 Å². The molecule has 0 N–H and O–H groups in total. The van der Waals surface area contributed by atoms with E-state index in [4.69, 9.17) is 11.6 Å². The van der Waals surface area contributed by atoms with Crippen LogP contribution >= 0.6 is 11.6 Å². The number of nitrogens with zero attached hydrogens (tertiary/aromatic N) is 2. The summed E-state index contributed by atoms with van der Waals surface area (Å²) >= 11 is 6.47. The predicted octanol–water partition coefficient (Wildman–Crippen LogP) is 6.19. The Balaban J connectivity index is 1.67. The molecule has 29 heavy (non-hydrogen) atoms. The summed E-state index contributed by atoms with van der Waals surface area (Å²) in [5.74, 6) is -0.191. The first-order valence-electron chi connectivity index (χ1n) is 10.1. The molecule has 1 heterocycles. The Labute approximate surface area is 177 Å². The third kappa shape index (κ3) is 4.69. The van der Waals surface area contributed by atoms with Gasteiger partial charge in [-0.1, -0.05) is 66.2 Å². The van der Waals surface area contributed by atoms with Crippen LogP contribution in [0, 0.1) is 12.7 Å². The minimum absolute atomic E-state index is 0.159. The van der Waals surface area contributed by atoms with Gasteiger partial charge in [-0.05, 0) is 53.8 Å². The monoisotopic (exact) mass is 408 g/mol. The largest absolute Gasteiger partial charge is 0.280 e. The summed E-state index contributed by atoms with van der Waals surface area (Å²) < 4.78 is 13.4. The Hall–Kier alpha value is -2.20. The van der Waals surface area contributed by atoms with Crippen LogP contribution in [0.4, 0.5) is 4.39 Å². The molecule has 1 aliphatic heterocycles. The molecule has 0 aliphatic carbocycles. The van der Waals surface area contributed by atoms with E-state index >= 15 is 0 Å². The highest BCUT2D eigenvalue weighted by molar-refractivity contribution is 6.31. The van der Waals surface area contributed by atoms with Crippen LogP contribution in [-0.2, 0) is 13.1 Å². The van der Waals surface area contributed by atoms with Crippen LogP contribution in [0.2, 0.25) is 5.02 Å². The van der Waals surface area contributed by atoms with Crippen LogP contribution in [0.25, 0.3) is 0 Å². The van der Waals surface area contributed by atoms with E-state index in [0.29, 0.717) is 0 Å². The van der Waals surface area contributed by atoms with Crippen molar-refractivity contribution >= 4 is 11.6 Å². The second kappa shape index (κ2) is 9.08. The summed E-state index contributed by atoms with van der Waals surface area (Å²) in [6.07, 6.45) is 1.25. The molecule has 0 saturated carbocycles. The maximum Gasteiger partial charge on any atom is 0.123 e. The molecule has 3 aromatic carbocycles. The van der Waals surface area contributed by atoms with Crippen molar-refractivity contribution in [3.63, 3.8) is 0 Å². The fourth-order valence-corrected chi connectivity index (χ4v) is 4.42. The first-order valence-corrected chi connectivity index (χ1v) is 10.5. The molecule has 2 nitrogen and oxygen atoms in total. The van der Waals surface area contributed by atoms with Gasteiger partial charge in [0.25, 0.3) is 0 Å². The minimum atomic E-state index is -0.191. The molecule has 0 spiro atoms. The van der Waals surface area contributed by atoms with Crippen LogP contribution in [-0.4, -0.2) is 22.9 Å². The lowest BCUT2D eigenvalue weighted by atomic mass is 10.00. The molecule has 0 radical (unpaired) electrons. The summed E-state index contributed by atoms with van der Waals surface area (Å²) in [5, 5.41) is 0.812. The Kier molecular flexibility index (Phi) is 6.29. The summed E-state index contributed by atoms with van der Waals surface area (Å²) in [6, 6.07) is 23.5. The topological polar surface area (TPSA) is 6.48 Å². The highest BCUT2D eigenvalue weighted by atomic mass is 35.5. The Morgan fingerprint density at radius 3 is 2.24 bits per heavy atom. The number of aryl methyl sites for hydroxylation is 1. The number of hydrogen-bond acceptors (Lipinski definition) is 2. The average molecular weight is 409 g/mol. The molecular formula is C25H26ClFN2.